The largest absolute Gasteiger partial charge is 0.497 e. The first-order chi connectivity index (χ1) is 13.1. The molecule has 1 N–H and O–H groups in total. The van der Waals surface area contributed by atoms with Crippen LogP contribution in [-0.2, 0) is 4.79 Å². The van der Waals surface area contributed by atoms with E-state index >= 15 is 0 Å². The summed E-state index contributed by atoms with van der Waals surface area (Å²) in [6, 6.07) is 12.5. The number of carbonyl (C=O) groups excluding carboxylic acids is 1. The molecule has 0 aliphatic rings. The van der Waals surface area contributed by atoms with Gasteiger partial charge in [-0.05, 0) is 36.4 Å². The Hall–Kier alpha value is -2.64. The van der Waals surface area contributed by atoms with Crippen molar-refractivity contribution in [1.82, 2.24) is 9.55 Å². The summed E-state index contributed by atoms with van der Waals surface area (Å²) in [5.41, 5.74) is 1.52. The number of halogens is 1. The molecule has 6 nitrogen and oxygen atoms in total. The van der Waals surface area contributed by atoms with Gasteiger partial charge in [-0.1, -0.05) is 23.4 Å². The molecule has 3 rings (SSSR count). The summed E-state index contributed by atoms with van der Waals surface area (Å²) in [4.78, 5) is 16.5. The van der Waals surface area contributed by atoms with E-state index in [-0.39, 0.29) is 11.7 Å². The molecule has 0 bridgehead atoms. The Labute approximate surface area is 166 Å². The molecule has 0 saturated heterocycles. The minimum atomic E-state index is -0.126. The molecule has 27 heavy (non-hydrogen) atoms. The first-order valence-corrected chi connectivity index (χ1v) is 9.41. The maximum Gasteiger partial charge on any atom is 0.234 e. The zero-order valence-electron chi connectivity index (χ0n) is 14.8. The SMILES string of the molecule is COc1ccc(-n2ccnc2SCC(=O)Nc2ccc(Cl)cc2)c(OC)c1. The summed E-state index contributed by atoms with van der Waals surface area (Å²) in [5.74, 6) is 1.45. The van der Waals surface area contributed by atoms with Crippen molar-refractivity contribution in [2.24, 2.45) is 0 Å². The number of rotatable bonds is 7. The number of hydrogen-bond donors (Lipinski definition) is 1. The predicted octanol–water partition coefficient (Wildman–Crippen LogP) is 4.27. The second kappa shape index (κ2) is 8.83. The molecule has 0 atom stereocenters. The van der Waals surface area contributed by atoms with Crippen molar-refractivity contribution >= 4 is 35.0 Å². The Bertz CT molecular complexity index is 928. The van der Waals surface area contributed by atoms with Gasteiger partial charge in [0.15, 0.2) is 5.16 Å². The van der Waals surface area contributed by atoms with Crippen molar-refractivity contribution in [3.05, 3.63) is 59.9 Å². The van der Waals surface area contributed by atoms with E-state index in [2.05, 4.69) is 10.3 Å². The van der Waals surface area contributed by atoms with E-state index in [1.807, 2.05) is 22.9 Å². The summed E-state index contributed by atoms with van der Waals surface area (Å²) in [6.45, 7) is 0. The quantitative estimate of drug-likeness (QED) is 0.596. The van der Waals surface area contributed by atoms with Gasteiger partial charge in [-0.25, -0.2) is 4.98 Å². The molecule has 0 fully saturated rings. The highest BCUT2D eigenvalue weighted by Gasteiger charge is 2.13. The number of carbonyl (C=O) groups is 1. The molecule has 0 aliphatic heterocycles. The third kappa shape index (κ3) is 4.75. The maximum atomic E-state index is 12.2. The first kappa shape index (κ1) is 19.1. The van der Waals surface area contributed by atoms with Gasteiger partial charge in [0.25, 0.3) is 0 Å². The first-order valence-electron chi connectivity index (χ1n) is 8.04. The Morgan fingerprint density at radius 3 is 2.67 bits per heavy atom. The van der Waals surface area contributed by atoms with Crippen LogP contribution in [0.5, 0.6) is 11.5 Å². The molecule has 2 aromatic carbocycles. The van der Waals surface area contributed by atoms with Crippen molar-refractivity contribution in [1.29, 1.82) is 0 Å². The lowest BCUT2D eigenvalue weighted by molar-refractivity contribution is -0.113. The number of anilines is 1. The van der Waals surface area contributed by atoms with E-state index in [9.17, 15) is 4.79 Å². The van der Waals surface area contributed by atoms with Gasteiger partial charge in [0.1, 0.15) is 11.5 Å². The van der Waals surface area contributed by atoms with Crippen LogP contribution in [0.3, 0.4) is 0 Å². The molecule has 0 aliphatic carbocycles. The van der Waals surface area contributed by atoms with Crippen LogP contribution >= 0.6 is 23.4 Å². The third-order valence-electron chi connectivity index (χ3n) is 3.71. The Balaban J connectivity index is 1.70. The smallest absolute Gasteiger partial charge is 0.234 e. The van der Waals surface area contributed by atoms with Crippen molar-refractivity contribution in [2.75, 3.05) is 25.3 Å². The number of amides is 1. The lowest BCUT2D eigenvalue weighted by atomic mass is 10.2. The van der Waals surface area contributed by atoms with Crippen LogP contribution in [0.1, 0.15) is 0 Å². The Morgan fingerprint density at radius 1 is 1.19 bits per heavy atom. The average molecular weight is 404 g/mol. The number of benzene rings is 2. The lowest BCUT2D eigenvalue weighted by Crippen LogP contribution is -2.14. The molecule has 8 heteroatoms. The van der Waals surface area contributed by atoms with E-state index < -0.39 is 0 Å². The summed E-state index contributed by atoms with van der Waals surface area (Å²) in [5, 5.41) is 4.14. The van der Waals surface area contributed by atoms with Gasteiger partial charge in [-0.15, -0.1) is 0 Å². The van der Waals surface area contributed by atoms with Crippen LogP contribution in [0.15, 0.2) is 60.0 Å². The van der Waals surface area contributed by atoms with Crippen molar-refractivity contribution in [2.45, 2.75) is 5.16 Å². The van der Waals surface area contributed by atoms with Gasteiger partial charge in [0, 0.05) is 29.2 Å². The molecule has 0 spiro atoms. The summed E-state index contributed by atoms with van der Waals surface area (Å²) < 4.78 is 12.6. The number of nitrogens with one attached hydrogen (secondary N) is 1. The second-order valence-electron chi connectivity index (χ2n) is 5.46. The van der Waals surface area contributed by atoms with Gasteiger partial charge >= 0.3 is 0 Å². The summed E-state index contributed by atoms with van der Waals surface area (Å²) in [6.07, 6.45) is 3.51. The topological polar surface area (TPSA) is 65.4 Å². The van der Waals surface area contributed by atoms with Crippen LogP contribution in [0.4, 0.5) is 5.69 Å². The molecule has 1 heterocycles. The predicted molar refractivity (Wildman–Crippen MR) is 107 cm³/mol. The maximum absolute atomic E-state index is 12.2. The average Bonchev–Trinajstić information content (AvgIpc) is 3.16. The van der Waals surface area contributed by atoms with Gasteiger partial charge in [-0.3, -0.25) is 9.36 Å². The van der Waals surface area contributed by atoms with Crippen molar-refractivity contribution in [3.63, 3.8) is 0 Å². The molecular formula is C19H18ClN3O3S. The number of imidazole rings is 1. The van der Waals surface area contributed by atoms with Crippen LogP contribution in [0.2, 0.25) is 5.02 Å². The number of ether oxygens (including phenoxy) is 2. The van der Waals surface area contributed by atoms with E-state index in [0.29, 0.717) is 27.4 Å². The van der Waals surface area contributed by atoms with Crippen LogP contribution in [-0.4, -0.2) is 35.4 Å². The fraction of sp³-hybridized carbons (Fsp3) is 0.158. The standard InChI is InChI=1S/C19H18ClN3O3S/c1-25-15-7-8-16(17(11-15)26-2)23-10-9-21-19(23)27-12-18(24)22-14-5-3-13(20)4-6-14/h3-11H,12H2,1-2H3,(H,22,24). The lowest BCUT2D eigenvalue weighted by Gasteiger charge is -2.13. The van der Waals surface area contributed by atoms with Gasteiger partial charge < -0.3 is 14.8 Å². The van der Waals surface area contributed by atoms with Gasteiger partial charge in [-0.2, -0.15) is 0 Å². The molecule has 3 aromatic rings. The number of thioether (sulfide) groups is 1. The Morgan fingerprint density at radius 2 is 1.96 bits per heavy atom. The number of aromatic nitrogens is 2. The molecule has 140 valence electrons. The second-order valence-corrected chi connectivity index (χ2v) is 6.84. The van der Waals surface area contributed by atoms with E-state index in [1.165, 1.54) is 11.8 Å². The monoisotopic (exact) mass is 403 g/mol. The van der Waals surface area contributed by atoms with Crippen molar-refractivity contribution < 1.29 is 14.3 Å². The van der Waals surface area contributed by atoms with Gasteiger partial charge in [0.2, 0.25) is 5.91 Å². The zero-order valence-corrected chi connectivity index (χ0v) is 16.4. The zero-order chi connectivity index (χ0) is 19.2. The molecule has 1 amide bonds. The van der Waals surface area contributed by atoms with E-state index in [0.717, 1.165) is 5.69 Å². The molecule has 0 unspecified atom stereocenters. The highest BCUT2D eigenvalue weighted by molar-refractivity contribution is 7.99. The van der Waals surface area contributed by atoms with Gasteiger partial charge in [0.05, 0.1) is 25.7 Å². The molecular weight excluding hydrogens is 386 g/mol. The van der Waals surface area contributed by atoms with Crippen molar-refractivity contribution in [3.8, 4) is 17.2 Å². The number of nitrogens with zero attached hydrogens (tertiary/aromatic N) is 2. The fourth-order valence-electron chi connectivity index (χ4n) is 2.42. The minimum Gasteiger partial charge on any atom is -0.497 e. The highest BCUT2D eigenvalue weighted by atomic mass is 35.5. The summed E-state index contributed by atoms with van der Waals surface area (Å²) in [7, 11) is 3.20. The molecule has 0 radical (unpaired) electrons. The van der Waals surface area contributed by atoms with Crippen LogP contribution < -0.4 is 14.8 Å². The summed E-state index contributed by atoms with van der Waals surface area (Å²) >= 11 is 7.19. The van der Waals surface area contributed by atoms with Crippen LogP contribution in [0.25, 0.3) is 5.69 Å². The Kier molecular flexibility index (Phi) is 6.26. The fourth-order valence-corrected chi connectivity index (χ4v) is 3.32. The number of hydrogen-bond acceptors (Lipinski definition) is 5. The third-order valence-corrected chi connectivity index (χ3v) is 4.93. The molecule has 0 saturated carbocycles. The van der Waals surface area contributed by atoms with E-state index in [4.69, 9.17) is 21.1 Å². The molecule has 1 aromatic heterocycles. The minimum absolute atomic E-state index is 0.126. The van der Waals surface area contributed by atoms with E-state index in [1.54, 1.807) is 50.7 Å². The number of methoxy groups -OCH3 is 2. The highest BCUT2D eigenvalue weighted by Crippen LogP contribution is 2.30. The normalized spacial score (nSPS) is 10.5. The van der Waals surface area contributed by atoms with Crippen LogP contribution in [0, 0.1) is 0 Å².